The fourth-order valence-electron chi connectivity index (χ4n) is 4.47. The normalized spacial score (nSPS) is 22.5. The van der Waals surface area contributed by atoms with Crippen molar-refractivity contribution < 1.29 is 32.9 Å². The van der Waals surface area contributed by atoms with Crippen LogP contribution in [-0.2, 0) is 9.53 Å². The third kappa shape index (κ3) is 13.3. The second-order valence-corrected chi connectivity index (χ2v) is 11.4. The van der Waals surface area contributed by atoms with Crippen LogP contribution in [0.4, 0.5) is 13.2 Å². The van der Waals surface area contributed by atoms with Crippen LogP contribution in [0.15, 0.2) is 0 Å². The number of esters is 1. The molecule has 0 aromatic rings. The molecule has 0 saturated heterocycles. The topological polar surface area (TPSA) is 66.8 Å². The SMILES string of the molecule is CCOC(=O)CCCCCCC1CCC(SCC(O)C(C)(C)CCCCCC(F)(F)F)C1O. The van der Waals surface area contributed by atoms with E-state index in [1.807, 2.05) is 20.8 Å². The summed E-state index contributed by atoms with van der Waals surface area (Å²) < 4.78 is 41.7. The number of rotatable bonds is 17. The van der Waals surface area contributed by atoms with E-state index in [9.17, 15) is 28.2 Å². The van der Waals surface area contributed by atoms with Crippen molar-refractivity contribution in [3.8, 4) is 0 Å². The van der Waals surface area contributed by atoms with Crippen molar-refractivity contribution in [3.63, 3.8) is 0 Å². The van der Waals surface area contributed by atoms with Gasteiger partial charge in [0.2, 0.25) is 0 Å². The largest absolute Gasteiger partial charge is 0.466 e. The molecule has 0 aliphatic heterocycles. The highest BCUT2D eigenvalue weighted by Crippen LogP contribution is 2.39. The van der Waals surface area contributed by atoms with Gasteiger partial charge in [-0.3, -0.25) is 4.79 Å². The zero-order valence-electron chi connectivity index (χ0n) is 20.7. The predicted molar refractivity (Wildman–Crippen MR) is 128 cm³/mol. The fourth-order valence-corrected chi connectivity index (χ4v) is 6.08. The number of carbonyl (C=O) groups is 1. The van der Waals surface area contributed by atoms with E-state index in [1.54, 1.807) is 11.8 Å². The minimum absolute atomic E-state index is 0.129. The second kappa shape index (κ2) is 15.5. The summed E-state index contributed by atoms with van der Waals surface area (Å²) in [4.78, 5) is 11.3. The van der Waals surface area contributed by atoms with E-state index in [1.165, 1.54) is 0 Å². The van der Waals surface area contributed by atoms with Crippen LogP contribution in [0.25, 0.3) is 0 Å². The van der Waals surface area contributed by atoms with Gasteiger partial charge in [0.15, 0.2) is 0 Å². The van der Waals surface area contributed by atoms with Crippen molar-refractivity contribution in [1.82, 2.24) is 0 Å². The predicted octanol–water partition coefficient (Wildman–Crippen LogP) is 6.66. The minimum Gasteiger partial charge on any atom is -0.466 e. The van der Waals surface area contributed by atoms with Crippen molar-refractivity contribution in [2.45, 2.75) is 128 Å². The summed E-state index contributed by atoms with van der Waals surface area (Å²) in [5, 5.41) is 21.5. The number of alkyl halides is 3. The zero-order valence-corrected chi connectivity index (χ0v) is 21.5. The first-order valence-electron chi connectivity index (χ1n) is 12.7. The van der Waals surface area contributed by atoms with Crippen LogP contribution < -0.4 is 0 Å². The van der Waals surface area contributed by atoms with Gasteiger partial charge in [0.25, 0.3) is 0 Å². The van der Waals surface area contributed by atoms with Gasteiger partial charge in [0.1, 0.15) is 0 Å². The van der Waals surface area contributed by atoms with Gasteiger partial charge in [-0.2, -0.15) is 24.9 Å². The van der Waals surface area contributed by atoms with E-state index in [-0.39, 0.29) is 29.2 Å². The van der Waals surface area contributed by atoms with Gasteiger partial charge in [-0.15, -0.1) is 0 Å². The van der Waals surface area contributed by atoms with Crippen molar-refractivity contribution in [1.29, 1.82) is 0 Å². The number of halogens is 3. The van der Waals surface area contributed by atoms with Crippen molar-refractivity contribution in [2.75, 3.05) is 12.4 Å². The van der Waals surface area contributed by atoms with Crippen LogP contribution in [0, 0.1) is 11.3 Å². The van der Waals surface area contributed by atoms with Crippen LogP contribution in [0.2, 0.25) is 0 Å². The summed E-state index contributed by atoms with van der Waals surface area (Å²) in [6, 6.07) is 0. The van der Waals surface area contributed by atoms with Crippen LogP contribution >= 0.6 is 11.8 Å². The van der Waals surface area contributed by atoms with E-state index in [2.05, 4.69) is 0 Å². The molecule has 8 heteroatoms. The van der Waals surface area contributed by atoms with Crippen LogP contribution in [0.3, 0.4) is 0 Å². The molecule has 0 aromatic heterocycles. The Hall–Kier alpha value is -0.470. The number of aliphatic hydroxyl groups excluding tert-OH is 2. The maximum atomic E-state index is 12.2. The molecular formula is C25H45F3O4S. The van der Waals surface area contributed by atoms with E-state index < -0.39 is 18.7 Å². The summed E-state index contributed by atoms with van der Waals surface area (Å²) in [7, 11) is 0. The number of hydrogen-bond acceptors (Lipinski definition) is 5. The molecule has 0 heterocycles. The Labute approximate surface area is 202 Å². The van der Waals surface area contributed by atoms with Gasteiger partial charge in [0, 0.05) is 23.8 Å². The number of carbonyl (C=O) groups excluding carboxylic acids is 1. The number of ether oxygens (including phenoxy) is 1. The third-order valence-electron chi connectivity index (χ3n) is 6.85. The first kappa shape index (κ1) is 30.6. The Bertz CT molecular complexity index is 542. The van der Waals surface area contributed by atoms with E-state index in [4.69, 9.17) is 4.74 Å². The summed E-state index contributed by atoms with van der Waals surface area (Å²) in [6.45, 7) is 6.18. The molecule has 0 bridgehead atoms. The van der Waals surface area contributed by atoms with Crippen molar-refractivity contribution >= 4 is 17.7 Å². The molecule has 1 aliphatic rings. The molecule has 4 nitrogen and oxygen atoms in total. The smallest absolute Gasteiger partial charge is 0.389 e. The average molecular weight is 499 g/mol. The lowest BCUT2D eigenvalue weighted by molar-refractivity contribution is -0.143. The molecule has 0 radical (unpaired) electrons. The fraction of sp³-hybridized carbons (Fsp3) is 0.960. The number of thioether (sulfide) groups is 1. The van der Waals surface area contributed by atoms with Crippen LogP contribution in [0.1, 0.15) is 104 Å². The maximum absolute atomic E-state index is 12.2. The monoisotopic (exact) mass is 498 g/mol. The molecule has 0 amide bonds. The van der Waals surface area contributed by atoms with E-state index in [0.717, 1.165) is 44.9 Å². The number of hydrogen-bond donors (Lipinski definition) is 2. The van der Waals surface area contributed by atoms with Gasteiger partial charge >= 0.3 is 12.1 Å². The molecule has 33 heavy (non-hydrogen) atoms. The average Bonchev–Trinajstić information content (AvgIpc) is 3.07. The highest BCUT2D eigenvalue weighted by Gasteiger charge is 2.36. The molecule has 1 saturated carbocycles. The summed E-state index contributed by atoms with van der Waals surface area (Å²) in [6.07, 6.45) is 3.68. The summed E-state index contributed by atoms with van der Waals surface area (Å²) >= 11 is 1.63. The van der Waals surface area contributed by atoms with E-state index in [0.29, 0.717) is 44.0 Å². The Morgan fingerprint density at radius 2 is 1.67 bits per heavy atom. The van der Waals surface area contributed by atoms with Gasteiger partial charge < -0.3 is 14.9 Å². The standard InChI is InChI=1S/C25H45F3O4S/c1-4-32-22(30)13-9-6-5-8-12-19-14-15-20(23(19)31)33-18-21(29)24(2,3)16-10-7-11-17-25(26,27)28/h19-21,23,29,31H,4-18H2,1-3H3. The van der Waals surface area contributed by atoms with Crippen LogP contribution in [0.5, 0.6) is 0 Å². The van der Waals surface area contributed by atoms with Crippen molar-refractivity contribution in [3.05, 3.63) is 0 Å². The van der Waals surface area contributed by atoms with Gasteiger partial charge in [0.05, 0.1) is 18.8 Å². The Morgan fingerprint density at radius 1 is 1.03 bits per heavy atom. The summed E-state index contributed by atoms with van der Waals surface area (Å²) in [5.41, 5.74) is -0.349. The lowest BCUT2D eigenvalue weighted by Crippen LogP contribution is -2.33. The molecule has 0 aromatic carbocycles. The molecule has 4 atom stereocenters. The molecule has 2 N–H and O–H groups in total. The molecule has 0 spiro atoms. The molecule has 1 aliphatic carbocycles. The lowest BCUT2D eigenvalue weighted by atomic mass is 9.82. The molecule has 196 valence electrons. The second-order valence-electron chi connectivity index (χ2n) is 10.1. The van der Waals surface area contributed by atoms with Gasteiger partial charge in [-0.25, -0.2) is 0 Å². The number of unbranched alkanes of at least 4 members (excludes halogenated alkanes) is 5. The third-order valence-corrected chi connectivity index (χ3v) is 8.30. The van der Waals surface area contributed by atoms with E-state index >= 15 is 0 Å². The molecule has 1 fully saturated rings. The minimum atomic E-state index is -4.09. The first-order chi connectivity index (χ1) is 15.5. The number of aliphatic hydroxyl groups is 2. The maximum Gasteiger partial charge on any atom is 0.389 e. The molecule has 4 unspecified atom stereocenters. The van der Waals surface area contributed by atoms with Gasteiger partial charge in [-0.05, 0) is 56.8 Å². The van der Waals surface area contributed by atoms with Gasteiger partial charge in [-0.1, -0.05) is 46.0 Å². The Kier molecular flexibility index (Phi) is 14.4. The summed E-state index contributed by atoms with van der Waals surface area (Å²) in [5.74, 6) is 0.708. The zero-order chi connectivity index (χ0) is 24.9. The Morgan fingerprint density at radius 3 is 2.33 bits per heavy atom. The molecule has 1 rings (SSSR count). The highest BCUT2D eigenvalue weighted by molar-refractivity contribution is 8.00. The Balaban J connectivity index is 2.20. The molecular weight excluding hydrogens is 453 g/mol. The highest BCUT2D eigenvalue weighted by atomic mass is 32.2. The van der Waals surface area contributed by atoms with Crippen LogP contribution in [-0.4, -0.2) is 52.2 Å². The lowest BCUT2D eigenvalue weighted by Gasteiger charge is -2.31. The van der Waals surface area contributed by atoms with Crippen molar-refractivity contribution in [2.24, 2.45) is 11.3 Å². The first-order valence-corrected chi connectivity index (χ1v) is 13.7. The quantitative estimate of drug-likeness (QED) is 0.173.